The highest BCUT2D eigenvalue weighted by Crippen LogP contribution is 2.46. The molecule has 1 atom stereocenters. The van der Waals surface area contributed by atoms with Crippen LogP contribution in [0.4, 0.5) is 21.0 Å². The summed E-state index contributed by atoms with van der Waals surface area (Å²) in [6.07, 6.45) is -0.547. The van der Waals surface area contributed by atoms with Crippen LogP contribution in [0.3, 0.4) is 0 Å². The number of carbonyl (C=O) groups excluding carboxylic acids is 1. The van der Waals surface area contributed by atoms with Gasteiger partial charge < -0.3 is 20.5 Å². The van der Waals surface area contributed by atoms with Crippen molar-refractivity contribution in [1.29, 1.82) is 0 Å². The number of carboxylic acid groups (broad SMARTS) is 1. The molecule has 1 unspecified atom stereocenters. The van der Waals surface area contributed by atoms with Crippen LogP contribution in [-0.4, -0.2) is 30.4 Å². The van der Waals surface area contributed by atoms with Gasteiger partial charge in [0.15, 0.2) is 0 Å². The van der Waals surface area contributed by atoms with E-state index < -0.39 is 6.16 Å². The van der Waals surface area contributed by atoms with Gasteiger partial charge in [0.05, 0.1) is 6.04 Å². The van der Waals surface area contributed by atoms with E-state index in [9.17, 15) is 9.59 Å². The standard InChI is InChI=1S/C21H23N3O4/c1-21(2)12-14-11-16(28-20(26)27)6-7-17(14)23-18(21)13-4-3-5-15(10-13)24-9-8-22-19(24)25/h3-7,10-11,18,23H,8-9,12H2,1-2H3,(H,22,25)(H,26,27). The summed E-state index contributed by atoms with van der Waals surface area (Å²) in [5.74, 6) is 0.323. The fraction of sp³-hybridized carbons (Fsp3) is 0.333. The molecule has 4 rings (SSSR count). The number of hydrogen-bond donors (Lipinski definition) is 3. The molecule has 2 aromatic rings. The lowest BCUT2D eigenvalue weighted by molar-refractivity contribution is 0.144. The van der Waals surface area contributed by atoms with Gasteiger partial charge in [-0.15, -0.1) is 0 Å². The molecule has 0 spiro atoms. The van der Waals surface area contributed by atoms with Gasteiger partial charge in [-0.3, -0.25) is 4.90 Å². The molecule has 2 heterocycles. The lowest BCUT2D eigenvalue weighted by Gasteiger charge is -2.41. The van der Waals surface area contributed by atoms with Crippen molar-refractivity contribution in [2.45, 2.75) is 26.3 Å². The maximum atomic E-state index is 12.0. The van der Waals surface area contributed by atoms with Crippen LogP contribution in [0, 0.1) is 5.41 Å². The summed E-state index contributed by atoms with van der Waals surface area (Å²) in [6.45, 7) is 5.67. The van der Waals surface area contributed by atoms with Gasteiger partial charge in [0.1, 0.15) is 5.75 Å². The molecule has 146 valence electrons. The highest BCUT2D eigenvalue weighted by Gasteiger charge is 2.36. The van der Waals surface area contributed by atoms with Crippen molar-refractivity contribution in [1.82, 2.24) is 5.32 Å². The number of fused-ring (bicyclic) bond motifs is 1. The molecular weight excluding hydrogens is 358 g/mol. The number of ether oxygens (including phenoxy) is 1. The highest BCUT2D eigenvalue weighted by atomic mass is 16.7. The quantitative estimate of drug-likeness (QED) is 0.552. The van der Waals surface area contributed by atoms with Crippen molar-refractivity contribution in [3.63, 3.8) is 0 Å². The molecule has 0 saturated carbocycles. The number of anilines is 2. The van der Waals surface area contributed by atoms with Crippen molar-refractivity contribution in [2.75, 3.05) is 23.3 Å². The number of rotatable bonds is 3. The maximum absolute atomic E-state index is 12.0. The van der Waals surface area contributed by atoms with Gasteiger partial charge >= 0.3 is 12.2 Å². The number of urea groups is 1. The molecule has 0 bridgehead atoms. The second kappa shape index (κ2) is 6.74. The summed E-state index contributed by atoms with van der Waals surface area (Å²) in [4.78, 5) is 24.6. The van der Waals surface area contributed by atoms with Gasteiger partial charge in [0.25, 0.3) is 0 Å². The predicted molar refractivity (Wildman–Crippen MR) is 106 cm³/mol. The van der Waals surface area contributed by atoms with Gasteiger partial charge in [0.2, 0.25) is 0 Å². The van der Waals surface area contributed by atoms with Crippen molar-refractivity contribution in [3.05, 3.63) is 53.6 Å². The summed E-state index contributed by atoms with van der Waals surface area (Å²) in [6, 6.07) is 13.3. The number of carbonyl (C=O) groups is 2. The van der Waals surface area contributed by atoms with Crippen molar-refractivity contribution in [3.8, 4) is 5.75 Å². The molecule has 2 aliphatic heterocycles. The Balaban J connectivity index is 1.64. The molecule has 28 heavy (non-hydrogen) atoms. The molecule has 0 aliphatic carbocycles. The first-order valence-electron chi connectivity index (χ1n) is 9.29. The summed E-state index contributed by atoms with van der Waals surface area (Å²) in [7, 11) is 0. The Bertz CT molecular complexity index is 941. The Labute approximate surface area is 163 Å². The Morgan fingerprint density at radius 2 is 2.07 bits per heavy atom. The van der Waals surface area contributed by atoms with Gasteiger partial charge in [-0.25, -0.2) is 9.59 Å². The minimum atomic E-state index is -1.32. The number of hydrogen-bond acceptors (Lipinski definition) is 4. The number of nitrogens with one attached hydrogen (secondary N) is 2. The van der Waals surface area contributed by atoms with Gasteiger partial charge in [-0.2, -0.15) is 0 Å². The fourth-order valence-corrected chi connectivity index (χ4v) is 4.09. The predicted octanol–water partition coefficient (Wildman–Crippen LogP) is 4.01. The number of amides is 2. The van der Waals surface area contributed by atoms with E-state index in [-0.39, 0.29) is 17.5 Å². The Hall–Kier alpha value is -3.22. The lowest BCUT2D eigenvalue weighted by atomic mass is 9.73. The minimum Gasteiger partial charge on any atom is -0.449 e. The smallest absolute Gasteiger partial charge is 0.449 e. The van der Waals surface area contributed by atoms with E-state index in [0.29, 0.717) is 18.8 Å². The molecule has 0 radical (unpaired) electrons. The Kier molecular flexibility index (Phi) is 4.37. The maximum Gasteiger partial charge on any atom is 0.511 e. The van der Waals surface area contributed by atoms with Crippen molar-refractivity contribution in [2.24, 2.45) is 5.41 Å². The SMILES string of the molecule is CC1(C)Cc2cc(OC(=O)O)ccc2NC1c1cccc(N2CCNC2=O)c1. The van der Waals surface area contributed by atoms with E-state index in [4.69, 9.17) is 9.84 Å². The van der Waals surface area contributed by atoms with Crippen LogP contribution in [-0.2, 0) is 6.42 Å². The zero-order valence-corrected chi connectivity index (χ0v) is 15.9. The van der Waals surface area contributed by atoms with E-state index in [2.05, 4.69) is 36.6 Å². The normalized spacial score (nSPS) is 20.1. The number of benzene rings is 2. The summed E-state index contributed by atoms with van der Waals surface area (Å²) >= 11 is 0. The molecule has 7 nitrogen and oxygen atoms in total. The van der Waals surface area contributed by atoms with Gasteiger partial charge in [0, 0.05) is 24.5 Å². The third-order valence-corrected chi connectivity index (χ3v) is 5.38. The molecule has 7 heteroatoms. The molecule has 0 aromatic heterocycles. The summed E-state index contributed by atoms with van der Waals surface area (Å²) < 4.78 is 4.79. The first-order chi connectivity index (χ1) is 13.3. The fourth-order valence-electron chi connectivity index (χ4n) is 4.09. The molecule has 2 aromatic carbocycles. The average molecular weight is 381 g/mol. The Morgan fingerprint density at radius 3 is 2.79 bits per heavy atom. The molecule has 3 N–H and O–H groups in total. The lowest BCUT2D eigenvalue weighted by Crippen LogP contribution is -2.35. The van der Waals surface area contributed by atoms with Crippen LogP contribution in [0.1, 0.15) is 31.0 Å². The molecule has 2 amide bonds. The summed E-state index contributed by atoms with van der Waals surface area (Å²) in [5.41, 5.74) is 3.86. The van der Waals surface area contributed by atoms with Crippen LogP contribution in [0.15, 0.2) is 42.5 Å². The van der Waals surface area contributed by atoms with Crippen LogP contribution >= 0.6 is 0 Å². The van der Waals surface area contributed by atoms with E-state index in [1.54, 1.807) is 17.0 Å². The second-order valence-corrected chi connectivity index (χ2v) is 7.91. The zero-order chi connectivity index (χ0) is 19.9. The highest BCUT2D eigenvalue weighted by molar-refractivity contribution is 5.94. The van der Waals surface area contributed by atoms with Gasteiger partial charge in [-0.1, -0.05) is 26.0 Å². The van der Waals surface area contributed by atoms with E-state index in [0.717, 1.165) is 28.9 Å². The Morgan fingerprint density at radius 1 is 1.25 bits per heavy atom. The minimum absolute atomic E-state index is 0.0526. The van der Waals surface area contributed by atoms with Crippen molar-refractivity contribution < 1.29 is 19.4 Å². The van der Waals surface area contributed by atoms with Crippen molar-refractivity contribution >= 4 is 23.6 Å². The van der Waals surface area contributed by atoms with Gasteiger partial charge in [-0.05, 0) is 53.3 Å². The molecule has 1 saturated heterocycles. The van der Waals surface area contributed by atoms with E-state index >= 15 is 0 Å². The largest absolute Gasteiger partial charge is 0.511 e. The number of nitrogens with zero attached hydrogens (tertiary/aromatic N) is 1. The van der Waals surface area contributed by atoms with E-state index in [1.165, 1.54) is 0 Å². The third kappa shape index (κ3) is 3.35. The van der Waals surface area contributed by atoms with Crippen LogP contribution in [0.2, 0.25) is 0 Å². The third-order valence-electron chi connectivity index (χ3n) is 5.38. The monoisotopic (exact) mass is 381 g/mol. The average Bonchev–Trinajstić information content (AvgIpc) is 3.06. The van der Waals surface area contributed by atoms with Crippen LogP contribution < -0.4 is 20.3 Å². The first-order valence-corrected chi connectivity index (χ1v) is 9.29. The molecular formula is C21H23N3O4. The second-order valence-electron chi connectivity index (χ2n) is 7.91. The van der Waals surface area contributed by atoms with Crippen LogP contribution in [0.25, 0.3) is 0 Å². The van der Waals surface area contributed by atoms with E-state index in [1.807, 2.05) is 18.2 Å². The molecule has 2 aliphatic rings. The van der Waals surface area contributed by atoms with Crippen LogP contribution in [0.5, 0.6) is 5.75 Å². The zero-order valence-electron chi connectivity index (χ0n) is 15.9. The first kappa shape index (κ1) is 18.2. The summed E-state index contributed by atoms with van der Waals surface area (Å²) in [5, 5.41) is 15.3. The molecule has 1 fully saturated rings. The topological polar surface area (TPSA) is 90.9 Å².